The molecule has 0 saturated carbocycles. The summed E-state index contributed by atoms with van der Waals surface area (Å²) in [5.74, 6) is -0.295. The van der Waals surface area contributed by atoms with Gasteiger partial charge >= 0.3 is 0 Å². The fourth-order valence-electron chi connectivity index (χ4n) is 0.914. The van der Waals surface area contributed by atoms with Crippen LogP contribution < -0.4 is 11.1 Å². The smallest absolute Gasteiger partial charge is 0.218 e. The first kappa shape index (κ1) is 10.1. The molecule has 0 aromatic carbocycles. The highest BCUT2D eigenvalue weighted by Gasteiger charge is 2.05. The lowest BCUT2D eigenvalue weighted by atomic mass is 10.2. The second-order valence-electron chi connectivity index (χ2n) is 2.85. The highest BCUT2D eigenvalue weighted by atomic mass is 32.1. The lowest BCUT2D eigenvalue weighted by Gasteiger charge is -2.09. The molecule has 1 heterocycles. The molecule has 1 unspecified atom stereocenters. The Hall–Kier alpha value is -1.01. The first-order chi connectivity index (χ1) is 6.18. The Bertz CT molecular complexity index is 261. The number of carbonyl (C=O) groups excluding carboxylic acids is 1. The zero-order valence-electron chi connectivity index (χ0n) is 7.36. The van der Waals surface area contributed by atoms with E-state index in [2.05, 4.69) is 14.9 Å². The van der Waals surface area contributed by atoms with Crippen LogP contribution in [0.15, 0.2) is 5.38 Å². The molecule has 6 heteroatoms. The Balaban J connectivity index is 2.22. The van der Waals surface area contributed by atoms with Crippen LogP contribution in [0, 0.1) is 0 Å². The molecule has 0 radical (unpaired) electrons. The van der Waals surface area contributed by atoms with Crippen molar-refractivity contribution in [3.05, 3.63) is 11.1 Å². The van der Waals surface area contributed by atoms with E-state index >= 15 is 0 Å². The van der Waals surface area contributed by atoms with Crippen LogP contribution in [0.4, 0.5) is 0 Å². The monoisotopic (exact) mass is 200 g/mol. The lowest BCUT2D eigenvalue weighted by molar-refractivity contribution is -0.118. The molecule has 3 N–H and O–H groups in total. The molecular formula is C7H12N4OS. The van der Waals surface area contributed by atoms with Gasteiger partial charge in [0.15, 0.2) is 0 Å². The van der Waals surface area contributed by atoms with Crippen LogP contribution in [0.1, 0.15) is 19.0 Å². The SMILES string of the molecule is CC(CC(N)=O)NCc1csnn1. The first-order valence-electron chi connectivity index (χ1n) is 3.96. The summed E-state index contributed by atoms with van der Waals surface area (Å²) in [6, 6.07) is 0.0826. The number of carbonyl (C=O) groups is 1. The number of nitrogens with zero attached hydrogens (tertiary/aromatic N) is 2. The molecule has 1 aromatic rings. The van der Waals surface area contributed by atoms with E-state index in [4.69, 9.17) is 5.73 Å². The maximum Gasteiger partial charge on any atom is 0.218 e. The van der Waals surface area contributed by atoms with Gasteiger partial charge in [-0.15, -0.1) is 5.10 Å². The van der Waals surface area contributed by atoms with Crippen LogP contribution in [-0.4, -0.2) is 21.5 Å². The summed E-state index contributed by atoms with van der Waals surface area (Å²) in [6.45, 7) is 2.54. The predicted octanol–water partition coefficient (Wildman–Crippen LogP) is -0.108. The maximum atomic E-state index is 10.5. The minimum Gasteiger partial charge on any atom is -0.370 e. The zero-order valence-corrected chi connectivity index (χ0v) is 8.17. The molecule has 0 aliphatic carbocycles. The molecule has 0 aliphatic heterocycles. The largest absolute Gasteiger partial charge is 0.370 e. The minimum absolute atomic E-state index is 0.0826. The van der Waals surface area contributed by atoms with Crippen LogP contribution in [0.5, 0.6) is 0 Å². The number of primary amides is 1. The van der Waals surface area contributed by atoms with Crippen molar-refractivity contribution in [3.63, 3.8) is 0 Å². The van der Waals surface area contributed by atoms with Gasteiger partial charge in [0.25, 0.3) is 0 Å². The van der Waals surface area contributed by atoms with E-state index in [1.54, 1.807) is 0 Å². The van der Waals surface area contributed by atoms with E-state index < -0.39 is 0 Å². The highest BCUT2D eigenvalue weighted by molar-refractivity contribution is 7.03. The summed E-state index contributed by atoms with van der Waals surface area (Å²) in [5, 5.41) is 8.84. The van der Waals surface area contributed by atoms with Crippen molar-refractivity contribution >= 4 is 17.4 Å². The van der Waals surface area contributed by atoms with E-state index in [1.165, 1.54) is 11.5 Å². The second kappa shape index (κ2) is 4.88. The number of nitrogens with one attached hydrogen (secondary N) is 1. The van der Waals surface area contributed by atoms with Crippen LogP contribution in [0.25, 0.3) is 0 Å². The topological polar surface area (TPSA) is 80.9 Å². The fraction of sp³-hybridized carbons (Fsp3) is 0.571. The van der Waals surface area contributed by atoms with Gasteiger partial charge in [0.2, 0.25) is 5.91 Å². The van der Waals surface area contributed by atoms with Crippen LogP contribution >= 0.6 is 11.5 Å². The van der Waals surface area contributed by atoms with Gasteiger partial charge < -0.3 is 11.1 Å². The Labute approximate surface area is 80.5 Å². The Morgan fingerprint density at radius 2 is 2.62 bits per heavy atom. The third kappa shape index (κ3) is 3.95. The van der Waals surface area contributed by atoms with E-state index in [0.29, 0.717) is 13.0 Å². The van der Waals surface area contributed by atoms with Gasteiger partial charge in [-0.25, -0.2) is 0 Å². The fourth-order valence-corrected chi connectivity index (χ4v) is 1.37. The standard InChI is InChI=1S/C7H12N4OS/c1-5(2-7(8)12)9-3-6-4-13-11-10-6/h4-5,9H,2-3H2,1H3,(H2,8,12). The molecule has 0 spiro atoms. The quantitative estimate of drug-likeness (QED) is 0.695. The number of aromatic nitrogens is 2. The van der Waals surface area contributed by atoms with E-state index in [-0.39, 0.29) is 11.9 Å². The van der Waals surface area contributed by atoms with Crippen molar-refractivity contribution in [2.24, 2.45) is 5.73 Å². The normalized spacial score (nSPS) is 12.7. The van der Waals surface area contributed by atoms with Crippen LogP contribution in [0.2, 0.25) is 0 Å². The maximum absolute atomic E-state index is 10.5. The third-order valence-corrected chi connectivity index (χ3v) is 2.10. The van der Waals surface area contributed by atoms with Gasteiger partial charge in [-0.05, 0) is 18.5 Å². The first-order valence-corrected chi connectivity index (χ1v) is 4.79. The summed E-state index contributed by atoms with van der Waals surface area (Å²) in [5.41, 5.74) is 5.93. The van der Waals surface area contributed by atoms with Gasteiger partial charge in [-0.1, -0.05) is 4.49 Å². The minimum atomic E-state index is -0.295. The molecule has 0 bridgehead atoms. The second-order valence-corrected chi connectivity index (χ2v) is 3.46. The van der Waals surface area contributed by atoms with Gasteiger partial charge in [0.05, 0.1) is 5.69 Å². The number of hydrogen-bond donors (Lipinski definition) is 2. The van der Waals surface area contributed by atoms with E-state index in [0.717, 1.165) is 5.69 Å². The van der Waals surface area contributed by atoms with Crippen molar-refractivity contribution in [2.75, 3.05) is 0 Å². The van der Waals surface area contributed by atoms with Crippen molar-refractivity contribution in [3.8, 4) is 0 Å². The summed E-state index contributed by atoms with van der Waals surface area (Å²) >= 11 is 1.31. The number of nitrogens with two attached hydrogens (primary N) is 1. The predicted molar refractivity (Wildman–Crippen MR) is 50.0 cm³/mol. The molecule has 5 nitrogen and oxygen atoms in total. The Kier molecular flexibility index (Phi) is 3.78. The molecule has 0 fully saturated rings. The van der Waals surface area contributed by atoms with Crippen LogP contribution in [0.3, 0.4) is 0 Å². The molecule has 1 rings (SSSR count). The average molecular weight is 200 g/mol. The van der Waals surface area contributed by atoms with Crippen molar-refractivity contribution in [2.45, 2.75) is 25.9 Å². The molecule has 1 atom stereocenters. The zero-order chi connectivity index (χ0) is 9.68. The number of amides is 1. The van der Waals surface area contributed by atoms with Gasteiger partial charge in [-0.3, -0.25) is 4.79 Å². The van der Waals surface area contributed by atoms with Crippen molar-refractivity contribution in [1.82, 2.24) is 14.9 Å². The average Bonchev–Trinajstić information content (AvgIpc) is 2.51. The molecule has 1 amide bonds. The van der Waals surface area contributed by atoms with Gasteiger partial charge in [-0.2, -0.15) is 0 Å². The lowest BCUT2D eigenvalue weighted by Crippen LogP contribution is -2.30. The number of hydrogen-bond acceptors (Lipinski definition) is 5. The molecule has 13 heavy (non-hydrogen) atoms. The summed E-state index contributed by atoms with van der Waals surface area (Å²) in [7, 11) is 0. The van der Waals surface area contributed by atoms with Crippen molar-refractivity contribution < 1.29 is 4.79 Å². The molecule has 72 valence electrons. The molecule has 1 aromatic heterocycles. The number of rotatable bonds is 5. The van der Waals surface area contributed by atoms with Crippen molar-refractivity contribution in [1.29, 1.82) is 0 Å². The summed E-state index contributed by atoms with van der Waals surface area (Å²) < 4.78 is 3.72. The van der Waals surface area contributed by atoms with Crippen LogP contribution in [-0.2, 0) is 11.3 Å². The van der Waals surface area contributed by atoms with E-state index in [9.17, 15) is 4.79 Å². The highest BCUT2D eigenvalue weighted by Crippen LogP contribution is 1.97. The third-order valence-electron chi connectivity index (χ3n) is 1.54. The van der Waals surface area contributed by atoms with Gasteiger partial charge in [0.1, 0.15) is 0 Å². The Morgan fingerprint density at radius 1 is 1.85 bits per heavy atom. The van der Waals surface area contributed by atoms with Gasteiger partial charge in [0, 0.05) is 24.4 Å². The summed E-state index contributed by atoms with van der Waals surface area (Å²) in [6.07, 6.45) is 0.345. The van der Waals surface area contributed by atoms with E-state index in [1.807, 2.05) is 12.3 Å². The molecule has 0 aliphatic rings. The Morgan fingerprint density at radius 3 is 3.15 bits per heavy atom. The molecule has 0 saturated heterocycles. The molecular weight excluding hydrogens is 188 g/mol. The summed E-state index contributed by atoms with van der Waals surface area (Å²) in [4.78, 5) is 10.5.